The Bertz CT molecular complexity index is 783. The summed E-state index contributed by atoms with van der Waals surface area (Å²) in [7, 11) is 0. The molecule has 1 N–H and O–H groups in total. The van der Waals surface area contributed by atoms with Gasteiger partial charge in [0, 0.05) is 27.9 Å². The average molecular weight is 344 g/mol. The van der Waals surface area contributed by atoms with E-state index in [2.05, 4.69) is 26.3 Å². The number of anilines is 1. The lowest BCUT2D eigenvalue weighted by molar-refractivity contribution is -0.119. The predicted molar refractivity (Wildman–Crippen MR) is 87.2 cm³/mol. The van der Waals surface area contributed by atoms with Crippen LogP contribution in [0.3, 0.4) is 0 Å². The molecule has 2 aromatic carbocycles. The van der Waals surface area contributed by atoms with E-state index in [4.69, 9.17) is 0 Å². The summed E-state index contributed by atoms with van der Waals surface area (Å²) in [5.74, 6) is -0.0915. The SMILES string of the molecule is CC(C(=O)Nc1ccc(Br)c2ccccc12)n1cccn1. The molecular weight excluding hydrogens is 330 g/mol. The smallest absolute Gasteiger partial charge is 0.248 e. The van der Waals surface area contributed by atoms with E-state index in [9.17, 15) is 4.79 Å². The second-order valence-corrected chi connectivity index (χ2v) is 5.65. The first-order chi connectivity index (χ1) is 10.2. The molecule has 0 aliphatic carbocycles. The Balaban J connectivity index is 1.92. The van der Waals surface area contributed by atoms with Crippen molar-refractivity contribution >= 4 is 38.3 Å². The fourth-order valence-corrected chi connectivity index (χ4v) is 2.72. The normalized spacial score (nSPS) is 12.3. The molecule has 0 saturated carbocycles. The van der Waals surface area contributed by atoms with Crippen LogP contribution in [-0.2, 0) is 4.79 Å². The molecule has 1 aromatic heterocycles. The van der Waals surface area contributed by atoms with Crippen molar-refractivity contribution < 1.29 is 4.79 Å². The van der Waals surface area contributed by atoms with Crippen LogP contribution < -0.4 is 5.32 Å². The van der Waals surface area contributed by atoms with Gasteiger partial charge in [0.05, 0.1) is 0 Å². The summed E-state index contributed by atoms with van der Waals surface area (Å²) in [5, 5.41) is 9.16. The first-order valence-electron chi connectivity index (χ1n) is 6.64. The molecule has 21 heavy (non-hydrogen) atoms. The van der Waals surface area contributed by atoms with Gasteiger partial charge in [0.2, 0.25) is 5.91 Å². The van der Waals surface area contributed by atoms with Crippen molar-refractivity contribution in [2.75, 3.05) is 5.32 Å². The number of amides is 1. The molecule has 0 bridgehead atoms. The largest absolute Gasteiger partial charge is 0.324 e. The van der Waals surface area contributed by atoms with Crippen molar-refractivity contribution in [1.29, 1.82) is 0 Å². The number of hydrogen-bond donors (Lipinski definition) is 1. The second kappa shape index (κ2) is 5.69. The highest BCUT2D eigenvalue weighted by molar-refractivity contribution is 9.10. The number of aromatic nitrogens is 2. The van der Waals surface area contributed by atoms with E-state index in [-0.39, 0.29) is 11.9 Å². The van der Waals surface area contributed by atoms with Gasteiger partial charge in [0.15, 0.2) is 0 Å². The van der Waals surface area contributed by atoms with E-state index in [0.29, 0.717) is 0 Å². The van der Waals surface area contributed by atoms with Crippen LogP contribution in [0.25, 0.3) is 10.8 Å². The zero-order valence-electron chi connectivity index (χ0n) is 11.5. The number of fused-ring (bicyclic) bond motifs is 1. The van der Waals surface area contributed by atoms with Crippen LogP contribution in [0.2, 0.25) is 0 Å². The first-order valence-corrected chi connectivity index (χ1v) is 7.43. The van der Waals surface area contributed by atoms with Gasteiger partial charge >= 0.3 is 0 Å². The van der Waals surface area contributed by atoms with Crippen LogP contribution in [-0.4, -0.2) is 15.7 Å². The number of carbonyl (C=O) groups is 1. The summed E-state index contributed by atoms with van der Waals surface area (Å²) in [4.78, 5) is 12.4. The predicted octanol–water partition coefficient (Wildman–Crippen LogP) is 4.00. The number of benzene rings is 2. The molecule has 5 heteroatoms. The summed E-state index contributed by atoms with van der Waals surface area (Å²) in [5.41, 5.74) is 0.804. The minimum Gasteiger partial charge on any atom is -0.324 e. The summed E-state index contributed by atoms with van der Waals surface area (Å²) in [6.45, 7) is 1.82. The summed E-state index contributed by atoms with van der Waals surface area (Å²) in [6, 6.07) is 13.2. The third-order valence-corrected chi connectivity index (χ3v) is 4.12. The quantitative estimate of drug-likeness (QED) is 0.781. The van der Waals surface area contributed by atoms with Crippen molar-refractivity contribution in [2.24, 2.45) is 0 Å². The van der Waals surface area contributed by atoms with Crippen molar-refractivity contribution in [2.45, 2.75) is 13.0 Å². The maximum atomic E-state index is 12.4. The number of nitrogens with zero attached hydrogens (tertiary/aromatic N) is 2. The lowest BCUT2D eigenvalue weighted by Gasteiger charge is -2.14. The Hall–Kier alpha value is -2.14. The van der Waals surface area contributed by atoms with Gasteiger partial charge in [-0.3, -0.25) is 9.48 Å². The standard InChI is InChI=1S/C16H14BrN3O/c1-11(20-10-4-9-18-20)16(21)19-15-8-7-14(17)12-5-2-3-6-13(12)15/h2-11H,1H3,(H,19,21). The van der Waals surface area contributed by atoms with Crippen LogP contribution in [0, 0.1) is 0 Å². The Morgan fingerprint density at radius 2 is 1.95 bits per heavy atom. The Morgan fingerprint density at radius 1 is 1.19 bits per heavy atom. The molecule has 3 aromatic rings. The first kappa shape index (κ1) is 13.8. The molecule has 1 heterocycles. The molecule has 4 nitrogen and oxygen atoms in total. The maximum absolute atomic E-state index is 12.4. The van der Waals surface area contributed by atoms with Crippen LogP contribution in [0.15, 0.2) is 59.3 Å². The fraction of sp³-hybridized carbons (Fsp3) is 0.125. The second-order valence-electron chi connectivity index (χ2n) is 4.79. The minimum absolute atomic E-state index is 0.0915. The van der Waals surface area contributed by atoms with Gasteiger partial charge in [-0.05, 0) is 30.5 Å². The molecule has 106 valence electrons. The zero-order chi connectivity index (χ0) is 14.8. The Labute approximate surface area is 130 Å². The number of hydrogen-bond acceptors (Lipinski definition) is 2. The van der Waals surface area contributed by atoms with Gasteiger partial charge in [0.1, 0.15) is 6.04 Å². The molecular formula is C16H14BrN3O. The zero-order valence-corrected chi connectivity index (χ0v) is 13.0. The Morgan fingerprint density at radius 3 is 2.67 bits per heavy atom. The highest BCUT2D eigenvalue weighted by Crippen LogP contribution is 2.30. The van der Waals surface area contributed by atoms with Gasteiger partial charge in [0.25, 0.3) is 0 Å². The minimum atomic E-state index is -0.359. The van der Waals surface area contributed by atoms with Gasteiger partial charge in [-0.15, -0.1) is 0 Å². The van der Waals surface area contributed by atoms with Crippen molar-refractivity contribution in [3.05, 3.63) is 59.3 Å². The molecule has 3 rings (SSSR count). The van der Waals surface area contributed by atoms with E-state index in [0.717, 1.165) is 20.9 Å². The van der Waals surface area contributed by atoms with E-state index in [1.54, 1.807) is 23.1 Å². The van der Waals surface area contributed by atoms with E-state index >= 15 is 0 Å². The van der Waals surface area contributed by atoms with Gasteiger partial charge < -0.3 is 5.32 Å². The maximum Gasteiger partial charge on any atom is 0.248 e. The number of carbonyl (C=O) groups excluding carboxylic acids is 1. The molecule has 0 aliphatic heterocycles. The third kappa shape index (κ3) is 2.69. The van der Waals surface area contributed by atoms with E-state index < -0.39 is 0 Å². The lowest BCUT2D eigenvalue weighted by Crippen LogP contribution is -2.24. The van der Waals surface area contributed by atoms with E-state index in [1.165, 1.54) is 0 Å². The number of nitrogens with one attached hydrogen (secondary N) is 1. The molecule has 1 amide bonds. The topological polar surface area (TPSA) is 46.9 Å². The van der Waals surface area contributed by atoms with Crippen LogP contribution in [0.4, 0.5) is 5.69 Å². The number of rotatable bonds is 3. The third-order valence-electron chi connectivity index (χ3n) is 3.43. The fourth-order valence-electron chi connectivity index (χ4n) is 2.24. The molecule has 0 aliphatic rings. The van der Waals surface area contributed by atoms with Gasteiger partial charge in [-0.2, -0.15) is 5.10 Å². The van der Waals surface area contributed by atoms with Crippen molar-refractivity contribution in [3.8, 4) is 0 Å². The summed E-state index contributed by atoms with van der Waals surface area (Å²) < 4.78 is 2.65. The molecule has 0 radical (unpaired) electrons. The highest BCUT2D eigenvalue weighted by Gasteiger charge is 2.16. The summed E-state index contributed by atoms with van der Waals surface area (Å²) >= 11 is 3.53. The van der Waals surface area contributed by atoms with Crippen LogP contribution in [0.5, 0.6) is 0 Å². The molecule has 0 fully saturated rings. The average Bonchev–Trinajstić information content (AvgIpc) is 3.04. The van der Waals surface area contributed by atoms with Crippen LogP contribution in [0.1, 0.15) is 13.0 Å². The summed E-state index contributed by atoms with van der Waals surface area (Å²) in [6.07, 6.45) is 3.45. The van der Waals surface area contributed by atoms with Gasteiger partial charge in [-0.25, -0.2) is 0 Å². The lowest BCUT2D eigenvalue weighted by atomic mass is 10.1. The van der Waals surface area contributed by atoms with Crippen molar-refractivity contribution in [1.82, 2.24) is 9.78 Å². The highest BCUT2D eigenvalue weighted by atomic mass is 79.9. The molecule has 1 unspecified atom stereocenters. The van der Waals surface area contributed by atoms with Crippen LogP contribution >= 0.6 is 15.9 Å². The molecule has 0 spiro atoms. The van der Waals surface area contributed by atoms with Crippen molar-refractivity contribution in [3.63, 3.8) is 0 Å². The van der Waals surface area contributed by atoms with E-state index in [1.807, 2.05) is 43.3 Å². The molecule has 0 saturated heterocycles. The number of halogens is 1. The monoisotopic (exact) mass is 343 g/mol. The van der Waals surface area contributed by atoms with Gasteiger partial charge in [-0.1, -0.05) is 40.2 Å². The Kier molecular flexibility index (Phi) is 3.75. The molecule has 1 atom stereocenters.